The highest BCUT2D eigenvalue weighted by molar-refractivity contribution is 7.89. The monoisotopic (exact) mass is 1370 g/mol. The number of fused-ring (bicyclic) bond motifs is 1. The molecule has 2 heterocycles. The quantitative estimate of drug-likeness (QED) is 0.0488. The van der Waals surface area contributed by atoms with Crippen LogP contribution in [0.2, 0.25) is 0 Å². The molecule has 0 bridgehead atoms. The van der Waals surface area contributed by atoms with Crippen molar-refractivity contribution in [3.8, 4) is 0 Å². The molecule has 26 heteroatoms. The molecule has 2 fully saturated rings. The highest BCUT2D eigenvalue weighted by Crippen LogP contribution is 2.30. The predicted octanol–water partition coefficient (Wildman–Crippen LogP) is 7.09. The van der Waals surface area contributed by atoms with E-state index < -0.39 is 127 Å². The van der Waals surface area contributed by atoms with Gasteiger partial charge >= 0.3 is 12.2 Å². The molecule has 6 rings (SSSR count). The van der Waals surface area contributed by atoms with E-state index in [0.29, 0.717) is 62.4 Å². The zero-order chi connectivity index (χ0) is 71.5. The summed E-state index contributed by atoms with van der Waals surface area (Å²) in [6.07, 6.45) is 1.75. The number of ether oxygens (including phenoxy) is 2. The van der Waals surface area contributed by atoms with Crippen molar-refractivity contribution in [2.24, 2.45) is 10.8 Å². The first-order chi connectivity index (χ1) is 44.6. The lowest BCUT2D eigenvalue weighted by Crippen LogP contribution is -2.60. The van der Waals surface area contributed by atoms with Gasteiger partial charge in [0.1, 0.15) is 35.4 Å². The van der Waals surface area contributed by atoms with Gasteiger partial charge in [-0.05, 0) is 151 Å². The first-order valence-corrected chi connectivity index (χ1v) is 35.8. The van der Waals surface area contributed by atoms with E-state index in [9.17, 15) is 55.2 Å². The molecule has 4 aromatic rings. The first-order valence-electron chi connectivity index (χ1n) is 32.9. The van der Waals surface area contributed by atoms with E-state index in [-0.39, 0.29) is 47.8 Å². The Kier molecular flexibility index (Phi) is 25.9. The van der Waals surface area contributed by atoms with Crippen LogP contribution in [0.25, 0.3) is 10.8 Å². The molecule has 0 aromatic heterocycles. The second-order valence-electron chi connectivity index (χ2n) is 29.3. The maximum Gasteiger partial charge on any atom is 0.410 e. The molecule has 6 atom stereocenters. The van der Waals surface area contributed by atoms with Gasteiger partial charge in [0.05, 0.1) is 22.9 Å². The summed E-state index contributed by atoms with van der Waals surface area (Å²) in [5.41, 5.74) is -1.28. The molecule has 0 radical (unpaired) electrons. The highest BCUT2D eigenvalue weighted by Gasteiger charge is 2.44. The number of benzene rings is 4. The molecule has 0 unspecified atom stereocenters. The third-order valence-electron chi connectivity index (χ3n) is 17.2. The van der Waals surface area contributed by atoms with Crippen molar-refractivity contribution in [3.05, 3.63) is 108 Å². The number of likely N-dealkylation sites (N-methyl/N-ethyl adjacent to an activating group) is 2. The molecular formula is C70H102N10O14S2. The van der Waals surface area contributed by atoms with Gasteiger partial charge in [0, 0.05) is 65.4 Å². The van der Waals surface area contributed by atoms with Gasteiger partial charge in [-0.2, -0.15) is 0 Å². The molecule has 2 saturated heterocycles. The van der Waals surface area contributed by atoms with Gasteiger partial charge in [-0.25, -0.2) is 35.9 Å². The van der Waals surface area contributed by atoms with Gasteiger partial charge in [-0.15, -0.1) is 0 Å². The maximum atomic E-state index is 14.6. The number of amides is 8. The van der Waals surface area contributed by atoms with Crippen molar-refractivity contribution in [1.29, 1.82) is 0 Å². The molecule has 8 amide bonds. The van der Waals surface area contributed by atoms with Crippen molar-refractivity contribution < 1.29 is 64.7 Å². The van der Waals surface area contributed by atoms with Crippen LogP contribution in [0.1, 0.15) is 134 Å². The summed E-state index contributed by atoms with van der Waals surface area (Å²) in [5.74, 6) is -2.92. The van der Waals surface area contributed by atoms with E-state index in [2.05, 4.69) is 20.1 Å². The SMILES string of the molecule is C[C@@H](C(=O)N[C@H](C(=O)N1CCC[C@H]1CN(CCc1ccccc1)C(=O)CNS(=O)(=O)c1ccc2cc(S(=O)(=O)NCC(=O)N(CCc3ccccc3)C[C@@H]3CCCN3C(=O)[C@@H](NC(=O)[C@H](C)N(C)C(=O)OC(C)(C)C)C(C)(C)C)ccc2c1)C(C)(C)C)N(C)C(=O)OC(C)(C)C. The van der Waals surface area contributed by atoms with Crippen LogP contribution in [0.4, 0.5) is 9.59 Å². The Balaban J connectivity index is 1.13. The van der Waals surface area contributed by atoms with Crippen molar-refractivity contribution in [1.82, 2.24) is 49.5 Å². The predicted molar refractivity (Wildman–Crippen MR) is 367 cm³/mol. The van der Waals surface area contributed by atoms with E-state index in [4.69, 9.17) is 9.47 Å². The highest BCUT2D eigenvalue weighted by atomic mass is 32.2. The summed E-state index contributed by atoms with van der Waals surface area (Å²) >= 11 is 0. The average Bonchev–Trinajstić information content (AvgIpc) is 0.810. The first kappa shape index (κ1) is 77.3. The summed E-state index contributed by atoms with van der Waals surface area (Å²) < 4.78 is 72.0. The van der Waals surface area contributed by atoms with Crippen LogP contribution in [-0.4, -0.2) is 208 Å². The summed E-state index contributed by atoms with van der Waals surface area (Å²) in [5, 5.41) is 6.51. The zero-order valence-electron chi connectivity index (χ0n) is 58.8. The standard InChI is InChI=1S/C70H102N10O14S2/c1-47(75(15)65(87)93-69(9,10)11)61(83)73-59(67(3,4)5)63(85)79-37-23-29-53(79)45-77(39-35-49-25-19-17-20-26-49)57(81)43-71-95(89,90)55-33-31-52-42-56(34-32-51(52)41-55)96(91,92)72-44-58(82)78(40-36-50-27-21-18-22-28-50)46-54-30-24-38-80(54)64(86)60(68(6,7)8)74-62(84)48(2)76(16)66(88)94-70(12,13)14/h17-22,25-28,31-34,41-42,47-48,53-54,59-60,71-72H,23-24,29-30,35-40,43-46H2,1-16H3,(H,73,83)(H,74,84)/t47-,48-,53-,54-,59+,60+/m0/s1. The Morgan fingerprint density at radius 2 is 0.844 bits per heavy atom. The lowest BCUT2D eigenvalue weighted by atomic mass is 9.85. The number of hydrogen-bond donors (Lipinski definition) is 4. The largest absolute Gasteiger partial charge is 0.444 e. The number of sulfonamides is 2. The number of nitrogens with one attached hydrogen (secondary N) is 4. The Labute approximate surface area is 568 Å². The summed E-state index contributed by atoms with van der Waals surface area (Å²) in [7, 11) is -5.83. The van der Waals surface area contributed by atoms with Crippen LogP contribution in [0.15, 0.2) is 107 Å². The number of carbonyl (C=O) groups excluding carboxylic acids is 8. The van der Waals surface area contributed by atoms with Crippen LogP contribution in [0, 0.1) is 10.8 Å². The van der Waals surface area contributed by atoms with Crippen LogP contribution in [-0.2, 0) is 71.1 Å². The van der Waals surface area contributed by atoms with Gasteiger partial charge in [-0.3, -0.25) is 38.6 Å². The topological polar surface area (TPSA) is 291 Å². The van der Waals surface area contributed by atoms with Crippen molar-refractivity contribution in [2.45, 2.75) is 193 Å². The minimum Gasteiger partial charge on any atom is -0.444 e. The fraction of sp³-hybridized carbons (Fsp3) is 0.571. The minimum absolute atomic E-state index is 0.0712. The lowest BCUT2D eigenvalue weighted by molar-refractivity contribution is -0.142. The van der Waals surface area contributed by atoms with Crippen LogP contribution < -0.4 is 20.1 Å². The van der Waals surface area contributed by atoms with Gasteiger partial charge in [0.15, 0.2) is 0 Å². The van der Waals surface area contributed by atoms with Crippen molar-refractivity contribution in [2.75, 3.05) is 66.5 Å². The van der Waals surface area contributed by atoms with Crippen LogP contribution in [0.3, 0.4) is 0 Å². The van der Waals surface area contributed by atoms with E-state index in [1.54, 1.807) is 75.0 Å². The Bertz CT molecular complexity index is 3410. The molecule has 528 valence electrons. The van der Waals surface area contributed by atoms with E-state index in [0.717, 1.165) is 11.1 Å². The second-order valence-corrected chi connectivity index (χ2v) is 32.8. The fourth-order valence-corrected chi connectivity index (χ4v) is 13.3. The molecule has 0 aliphatic carbocycles. The Hall–Kier alpha value is -7.68. The van der Waals surface area contributed by atoms with E-state index in [1.165, 1.54) is 60.3 Å². The van der Waals surface area contributed by atoms with Crippen molar-refractivity contribution >= 4 is 78.4 Å². The zero-order valence-corrected chi connectivity index (χ0v) is 60.4. The van der Waals surface area contributed by atoms with Crippen LogP contribution >= 0.6 is 0 Å². The van der Waals surface area contributed by atoms with E-state index >= 15 is 0 Å². The Morgan fingerprint density at radius 1 is 0.510 bits per heavy atom. The summed E-state index contributed by atoms with van der Waals surface area (Å²) in [6, 6.07) is 22.1. The third kappa shape index (κ3) is 21.7. The Morgan fingerprint density at radius 3 is 1.16 bits per heavy atom. The van der Waals surface area contributed by atoms with Gasteiger partial charge in [-0.1, -0.05) is 114 Å². The van der Waals surface area contributed by atoms with E-state index in [1.807, 2.05) is 102 Å². The smallest absolute Gasteiger partial charge is 0.410 e. The lowest BCUT2D eigenvalue weighted by Gasteiger charge is -2.38. The molecule has 2 aliphatic rings. The van der Waals surface area contributed by atoms with Gasteiger partial charge < -0.3 is 39.7 Å². The molecule has 2 aliphatic heterocycles. The molecule has 4 N–H and O–H groups in total. The van der Waals surface area contributed by atoms with Crippen molar-refractivity contribution in [3.63, 3.8) is 0 Å². The normalized spacial score (nSPS) is 16.8. The maximum absolute atomic E-state index is 14.6. The van der Waals surface area contributed by atoms with Crippen LogP contribution in [0.5, 0.6) is 0 Å². The molecule has 4 aromatic carbocycles. The molecule has 0 spiro atoms. The average molecular weight is 1370 g/mol. The second kappa shape index (κ2) is 32.1. The number of hydrogen-bond acceptors (Lipinski definition) is 14. The number of rotatable bonds is 26. The number of nitrogens with zero attached hydrogens (tertiary/aromatic N) is 6. The minimum atomic E-state index is -4.36. The third-order valence-corrected chi connectivity index (χ3v) is 20.0. The molecule has 24 nitrogen and oxygen atoms in total. The summed E-state index contributed by atoms with van der Waals surface area (Å²) in [4.78, 5) is 119. The molecule has 96 heavy (non-hydrogen) atoms. The molecular weight excluding hydrogens is 1270 g/mol. The van der Waals surface area contributed by atoms with Gasteiger partial charge in [0.2, 0.25) is 55.5 Å². The number of carbonyl (C=O) groups is 8. The fourth-order valence-electron chi connectivity index (χ4n) is 11.3. The number of likely N-dealkylation sites (tertiary alicyclic amines) is 2. The van der Waals surface area contributed by atoms with Gasteiger partial charge in [0.25, 0.3) is 0 Å². The molecule has 0 saturated carbocycles. The summed E-state index contributed by atoms with van der Waals surface area (Å²) in [6.45, 7) is 24.3.